The molecule has 1 heterocycles. The molecule has 0 fully saturated rings. The zero-order valence-electron chi connectivity index (χ0n) is 16.7. The molecule has 2 N–H and O–H groups in total. The Bertz CT molecular complexity index is 1110. The van der Waals surface area contributed by atoms with Crippen LogP contribution < -0.4 is 15.4 Å². The van der Waals surface area contributed by atoms with Gasteiger partial charge >= 0.3 is 0 Å². The van der Waals surface area contributed by atoms with Crippen LogP contribution in [-0.4, -0.2) is 39.4 Å². The van der Waals surface area contributed by atoms with E-state index in [9.17, 15) is 14.0 Å². The minimum Gasteiger partial charge on any atom is -0.497 e. The molecule has 0 spiro atoms. The minimum atomic E-state index is -0.612. The molecule has 0 bridgehead atoms. The summed E-state index contributed by atoms with van der Waals surface area (Å²) in [5, 5.41) is 14.1. The lowest BCUT2D eigenvalue weighted by molar-refractivity contribution is -0.113. The van der Waals surface area contributed by atoms with Crippen LogP contribution in [-0.2, 0) is 18.4 Å². The highest BCUT2D eigenvalue weighted by Gasteiger charge is 2.14. The van der Waals surface area contributed by atoms with Crippen molar-refractivity contribution >= 4 is 40.9 Å². The molecule has 0 unspecified atom stereocenters. The highest BCUT2D eigenvalue weighted by Crippen LogP contribution is 2.20. The monoisotopic (exact) mass is 463 g/mol. The van der Waals surface area contributed by atoms with E-state index >= 15 is 0 Å². The standard InChI is InChI=1S/C20H19ClFN5O3S/c1-27-17(10-23-19(29)12-4-3-5-14(8-12)30-2)25-26-20(27)31-11-18(28)24-16-7-6-13(21)9-15(16)22/h3-9H,10-11H2,1-2H3,(H,23,29)(H,24,28). The average Bonchev–Trinajstić information content (AvgIpc) is 3.12. The van der Waals surface area contributed by atoms with Crippen LogP contribution in [0, 0.1) is 5.82 Å². The van der Waals surface area contributed by atoms with Gasteiger partial charge in [-0.15, -0.1) is 10.2 Å². The van der Waals surface area contributed by atoms with Gasteiger partial charge in [0.15, 0.2) is 11.0 Å². The number of methoxy groups -OCH3 is 1. The van der Waals surface area contributed by atoms with Crippen LogP contribution in [0.15, 0.2) is 47.6 Å². The Morgan fingerprint density at radius 1 is 1.23 bits per heavy atom. The summed E-state index contributed by atoms with van der Waals surface area (Å²) >= 11 is 6.84. The molecule has 11 heteroatoms. The zero-order valence-corrected chi connectivity index (χ0v) is 18.3. The molecule has 0 radical (unpaired) electrons. The lowest BCUT2D eigenvalue weighted by Crippen LogP contribution is -2.24. The van der Waals surface area contributed by atoms with Crippen LogP contribution in [0.4, 0.5) is 10.1 Å². The summed E-state index contributed by atoms with van der Waals surface area (Å²) in [6.07, 6.45) is 0. The van der Waals surface area contributed by atoms with Crippen LogP contribution >= 0.6 is 23.4 Å². The number of halogens is 2. The van der Waals surface area contributed by atoms with Gasteiger partial charge in [-0.25, -0.2) is 4.39 Å². The smallest absolute Gasteiger partial charge is 0.251 e. The van der Waals surface area contributed by atoms with Crippen LogP contribution in [0.2, 0.25) is 5.02 Å². The Morgan fingerprint density at radius 2 is 2.03 bits per heavy atom. The Labute approximate surface area is 187 Å². The first-order valence-electron chi connectivity index (χ1n) is 9.05. The molecule has 162 valence electrons. The summed E-state index contributed by atoms with van der Waals surface area (Å²) in [6, 6.07) is 10.8. The predicted molar refractivity (Wildman–Crippen MR) is 116 cm³/mol. The van der Waals surface area contributed by atoms with Crippen LogP contribution in [0.25, 0.3) is 0 Å². The number of thioether (sulfide) groups is 1. The van der Waals surface area contributed by atoms with Gasteiger partial charge in [0, 0.05) is 17.6 Å². The molecule has 8 nitrogen and oxygen atoms in total. The average molecular weight is 464 g/mol. The number of ether oxygens (including phenoxy) is 1. The number of nitrogens with zero attached hydrogens (tertiary/aromatic N) is 3. The fraction of sp³-hybridized carbons (Fsp3) is 0.200. The van der Waals surface area contributed by atoms with Gasteiger partial charge in [0.1, 0.15) is 11.6 Å². The van der Waals surface area contributed by atoms with Crippen molar-refractivity contribution < 1.29 is 18.7 Å². The fourth-order valence-corrected chi connectivity index (χ4v) is 3.45. The molecular weight excluding hydrogens is 445 g/mol. The van der Waals surface area contributed by atoms with Crippen molar-refractivity contribution in [2.45, 2.75) is 11.7 Å². The van der Waals surface area contributed by atoms with Crippen molar-refractivity contribution in [3.05, 3.63) is 64.7 Å². The van der Waals surface area contributed by atoms with E-state index in [0.717, 1.165) is 17.8 Å². The summed E-state index contributed by atoms with van der Waals surface area (Å²) < 4.78 is 20.6. The van der Waals surface area contributed by atoms with Gasteiger partial charge in [0.2, 0.25) is 5.91 Å². The number of nitrogens with one attached hydrogen (secondary N) is 2. The van der Waals surface area contributed by atoms with E-state index in [4.69, 9.17) is 16.3 Å². The van der Waals surface area contributed by atoms with Gasteiger partial charge in [-0.3, -0.25) is 9.59 Å². The molecule has 0 saturated carbocycles. The van der Waals surface area contributed by atoms with Crippen LogP contribution in [0.3, 0.4) is 0 Å². The van der Waals surface area contributed by atoms with E-state index in [1.165, 1.54) is 19.2 Å². The van der Waals surface area contributed by atoms with Crippen molar-refractivity contribution in [3.63, 3.8) is 0 Å². The molecule has 0 atom stereocenters. The maximum Gasteiger partial charge on any atom is 0.251 e. The van der Waals surface area contributed by atoms with Crippen molar-refractivity contribution in [1.82, 2.24) is 20.1 Å². The number of rotatable bonds is 8. The molecule has 0 aliphatic heterocycles. The summed E-state index contributed by atoms with van der Waals surface area (Å²) in [4.78, 5) is 24.4. The Kier molecular flexibility index (Phi) is 7.48. The maximum atomic E-state index is 13.8. The number of aromatic nitrogens is 3. The molecule has 3 rings (SSSR count). The minimum absolute atomic E-state index is 0.00418. The zero-order chi connectivity index (χ0) is 22.4. The van der Waals surface area contributed by atoms with E-state index in [-0.39, 0.29) is 28.9 Å². The van der Waals surface area contributed by atoms with Crippen LogP contribution in [0.1, 0.15) is 16.2 Å². The lowest BCUT2D eigenvalue weighted by atomic mass is 10.2. The Hall–Kier alpha value is -3.11. The summed E-state index contributed by atoms with van der Waals surface area (Å²) in [5.74, 6) is -0.185. The number of hydrogen-bond acceptors (Lipinski definition) is 6. The molecule has 0 saturated heterocycles. The second-order valence-electron chi connectivity index (χ2n) is 6.33. The third-order valence-electron chi connectivity index (χ3n) is 4.20. The van der Waals surface area contributed by atoms with E-state index < -0.39 is 11.7 Å². The first-order valence-corrected chi connectivity index (χ1v) is 10.4. The second-order valence-corrected chi connectivity index (χ2v) is 7.71. The topological polar surface area (TPSA) is 98.1 Å². The molecule has 3 aromatic rings. The lowest BCUT2D eigenvalue weighted by Gasteiger charge is -2.08. The molecule has 2 amide bonds. The predicted octanol–water partition coefficient (Wildman–Crippen LogP) is 3.28. The highest BCUT2D eigenvalue weighted by molar-refractivity contribution is 7.99. The summed E-state index contributed by atoms with van der Waals surface area (Å²) in [6.45, 7) is 0.155. The van der Waals surface area contributed by atoms with E-state index in [1.54, 1.807) is 35.9 Å². The molecule has 2 aromatic carbocycles. The number of amides is 2. The number of anilines is 1. The highest BCUT2D eigenvalue weighted by atomic mass is 35.5. The largest absolute Gasteiger partial charge is 0.497 e. The van der Waals surface area contributed by atoms with Crippen molar-refractivity contribution in [3.8, 4) is 5.75 Å². The second kappa shape index (κ2) is 10.3. The van der Waals surface area contributed by atoms with Crippen molar-refractivity contribution in [1.29, 1.82) is 0 Å². The van der Waals surface area contributed by atoms with Crippen molar-refractivity contribution in [2.75, 3.05) is 18.2 Å². The van der Waals surface area contributed by atoms with E-state index in [0.29, 0.717) is 22.3 Å². The number of carbonyl (C=O) groups is 2. The van der Waals surface area contributed by atoms with Crippen molar-refractivity contribution in [2.24, 2.45) is 7.05 Å². The van der Waals surface area contributed by atoms with Gasteiger partial charge in [-0.05, 0) is 36.4 Å². The third-order valence-corrected chi connectivity index (χ3v) is 5.46. The third kappa shape index (κ3) is 5.96. The molecule has 31 heavy (non-hydrogen) atoms. The molecule has 0 aliphatic carbocycles. The number of carbonyl (C=O) groups excluding carboxylic acids is 2. The molecule has 1 aromatic heterocycles. The summed E-state index contributed by atoms with van der Waals surface area (Å²) in [5.41, 5.74) is 0.510. The number of hydrogen-bond donors (Lipinski definition) is 2. The first-order chi connectivity index (χ1) is 14.9. The fourth-order valence-electron chi connectivity index (χ4n) is 2.56. The quantitative estimate of drug-likeness (QED) is 0.497. The van der Waals surface area contributed by atoms with E-state index in [1.807, 2.05) is 0 Å². The van der Waals surface area contributed by atoms with Gasteiger partial charge in [0.25, 0.3) is 5.91 Å². The van der Waals surface area contributed by atoms with Gasteiger partial charge in [-0.2, -0.15) is 0 Å². The first kappa shape index (κ1) is 22.6. The SMILES string of the molecule is COc1cccc(C(=O)NCc2nnc(SCC(=O)Nc3ccc(Cl)cc3F)n2C)c1. The van der Waals surface area contributed by atoms with Gasteiger partial charge in [0.05, 0.1) is 25.1 Å². The summed E-state index contributed by atoms with van der Waals surface area (Å²) in [7, 11) is 3.26. The van der Waals surface area contributed by atoms with Crippen LogP contribution in [0.5, 0.6) is 5.75 Å². The van der Waals surface area contributed by atoms with Gasteiger partial charge < -0.3 is 19.9 Å². The Morgan fingerprint density at radius 3 is 2.77 bits per heavy atom. The van der Waals surface area contributed by atoms with Gasteiger partial charge in [-0.1, -0.05) is 29.4 Å². The normalized spacial score (nSPS) is 10.6. The number of benzene rings is 2. The van der Waals surface area contributed by atoms with E-state index in [2.05, 4.69) is 20.8 Å². The maximum absolute atomic E-state index is 13.8. The Balaban J connectivity index is 1.53. The molecule has 0 aliphatic rings. The molecular formula is C20H19ClFN5O3S.